The number of carboxylic acid groups (broad SMARTS) is 1. The van der Waals surface area contributed by atoms with Crippen molar-refractivity contribution in [3.8, 4) is 5.75 Å². The summed E-state index contributed by atoms with van der Waals surface area (Å²) in [6, 6.07) is 6.02. The van der Waals surface area contributed by atoms with Gasteiger partial charge in [-0.1, -0.05) is 6.92 Å². The lowest BCUT2D eigenvalue weighted by atomic mass is 10.1. The Hall–Kier alpha value is -2.38. The van der Waals surface area contributed by atoms with E-state index in [0.29, 0.717) is 18.5 Å². The Balaban J connectivity index is 2.16. The van der Waals surface area contributed by atoms with Crippen LogP contribution in [0.5, 0.6) is 5.75 Å². The summed E-state index contributed by atoms with van der Waals surface area (Å²) >= 11 is 0. The van der Waals surface area contributed by atoms with Gasteiger partial charge >= 0.3 is 5.97 Å². The number of fused-ring (bicyclic) bond motifs is 1. The van der Waals surface area contributed by atoms with Crippen LogP contribution in [0.2, 0.25) is 0 Å². The minimum Gasteiger partial charge on any atom is -0.508 e. The van der Waals surface area contributed by atoms with E-state index in [1.807, 2.05) is 6.92 Å². The van der Waals surface area contributed by atoms with Gasteiger partial charge in [-0.3, -0.25) is 4.98 Å². The number of carboxylic acids is 1. The Morgan fingerprint density at radius 3 is 2.69 bits per heavy atom. The van der Waals surface area contributed by atoms with Crippen molar-refractivity contribution in [2.75, 3.05) is 38.2 Å². The van der Waals surface area contributed by atoms with Gasteiger partial charge in [-0.2, -0.15) is 0 Å². The summed E-state index contributed by atoms with van der Waals surface area (Å²) in [5, 5.41) is 29.2. The normalized spacial score (nSPS) is 12.5. The molecule has 0 aliphatic carbocycles. The Labute approximate surface area is 153 Å². The molecule has 0 amide bonds. The van der Waals surface area contributed by atoms with Gasteiger partial charge in [0.1, 0.15) is 11.8 Å². The molecule has 1 heterocycles. The zero-order chi connectivity index (χ0) is 19.1. The first-order valence-corrected chi connectivity index (χ1v) is 8.84. The number of benzene rings is 1. The number of pyridine rings is 1. The Kier molecular flexibility index (Phi) is 7.17. The number of phenols is 1. The first-order chi connectivity index (χ1) is 12.5. The van der Waals surface area contributed by atoms with Crippen molar-refractivity contribution >= 4 is 22.6 Å². The SMILES string of the molecule is CCN(CCO)CCCC(C(=O)O)N(C)c1ccnc2cc(O)ccc12. The van der Waals surface area contributed by atoms with Gasteiger partial charge in [-0.15, -0.1) is 0 Å². The number of likely N-dealkylation sites (N-methyl/N-ethyl adjacent to an activating group) is 2. The van der Waals surface area contributed by atoms with Crippen molar-refractivity contribution in [3.63, 3.8) is 0 Å². The molecule has 2 rings (SSSR count). The van der Waals surface area contributed by atoms with Gasteiger partial charge in [0.05, 0.1) is 12.1 Å². The van der Waals surface area contributed by atoms with Crippen LogP contribution >= 0.6 is 0 Å². The molecule has 0 spiro atoms. The van der Waals surface area contributed by atoms with E-state index in [-0.39, 0.29) is 12.4 Å². The summed E-state index contributed by atoms with van der Waals surface area (Å²) in [6.45, 7) is 4.30. The number of nitrogens with zero attached hydrogens (tertiary/aromatic N) is 3. The molecule has 7 nitrogen and oxygen atoms in total. The fourth-order valence-electron chi connectivity index (χ4n) is 3.16. The topological polar surface area (TPSA) is 97.1 Å². The summed E-state index contributed by atoms with van der Waals surface area (Å²) in [5.74, 6) is -0.746. The maximum atomic E-state index is 11.8. The van der Waals surface area contributed by atoms with Crippen molar-refractivity contribution in [2.24, 2.45) is 0 Å². The standard InChI is InChI=1S/C19H27N3O4/c1-3-22(11-12-23)10-4-5-18(19(25)26)21(2)17-8-9-20-16-13-14(24)6-7-15(16)17/h6-9,13,18,23-24H,3-5,10-12H2,1-2H3,(H,25,26). The monoisotopic (exact) mass is 361 g/mol. The van der Waals surface area contributed by atoms with Crippen LogP contribution < -0.4 is 4.90 Å². The number of phenolic OH excluding ortho intramolecular Hbond substituents is 1. The molecule has 2 aromatic rings. The number of anilines is 1. The lowest BCUT2D eigenvalue weighted by molar-refractivity contribution is -0.138. The van der Waals surface area contributed by atoms with E-state index in [1.165, 1.54) is 0 Å². The van der Waals surface area contributed by atoms with Crippen LogP contribution in [0.1, 0.15) is 19.8 Å². The molecule has 1 aromatic heterocycles. The molecule has 142 valence electrons. The maximum Gasteiger partial charge on any atom is 0.326 e. The molecule has 0 aliphatic rings. The highest BCUT2D eigenvalue weighted by molar-refractivity contribution is 5.94. The fourth-order valence-corrected chi connectivity index (χ4v) is 3.16. The molecular weight excluding hydrogens is 334 g/mol. The number of rotatable bonds is 10. The Morgan fingerprint density at radius 2 is 2.04 bits per heavy atom. The average molecular weight is 361 g/mol. The third-order valence-electron chi connectivity index (χ3n) is 4.65. The minimum absolute atomic E-state index is 0.103. The number of aliphatic carboxylic acids is 1. The number of aliphatic hydroxyl groups excluding tert-OH is 1. The summed E-state index contributed by atoms with van der Waals surface area (Å²) in [4.78, 5) is 19.9. The van der Waals surface area contributed by atoms with Gasteiger partial charge in [-0.25, -0.2) is 4.79 Å². The molecule has 26 heavy (non-hydrogen) atoms. The third kappa shape index (κ3) is 4.83. The molecule has 0 saturated heterocycles. The second kappa shape index (κ2) is 9.35. The lowest BCUT2D eigenvalue weighted by Crippen LogP contribution is -2.39. The van der Waals surface area contributed by atoms with E-state index < -0.39 is 12.0 Å². The number of carbonyl (C=O) groups is 1. The highest BCUT2D eigenvalue weighted by atomic mass is 16.4. The number of hydrogen-bond acceptors (Lipinski definition) is 6. The van der Waals surface area contributed by atoms with Gasteiger partial charge in [0.25, 0.3) is 0 Å². The van der Waals surface area contributed by atoms with Gasteiger partial charge in [0, 0.05) is 36.9 Å². The van der Waals surface area contributed by atoms with Crippen molar-refractivity contribution in [1.29, 1.82) is 0 Å². The molecule has 0 aliphatic heterocycles. The van der Waals surface area contributed by atoms with E-state index >= 15 is 0 Å². The number of aromatic nitrogens is 1. The second-order valence-corrected chi connectivity index (χ2v) is 6.30. The second-order valence-electron chi connectivity index (χ2n) is 6.30. The number of aliphatic hydroxyl groups is 1. The summed E-state index contributed by atoms with van der Waals surface area (Å²) < 4.78 is 0. The molecule has 7 heteroatoms. The van der Waals surface area contributed by atoms with Gasteiger partial charge in [0.2, 0.25) is 0 Å². The van der Waals surface area contributed by atoms with Crippen LogP contribution in [0.15, 0.2) is 30.5 Å². The highest BCUT2D eigenvalue weighted by Gasteiger charge is 2.24. The molecule has 0 fully saturated rings. The maximum absolute atomic E-state index is 11.8. The molecule has 3 N–H and O–H groups in total. The van der Waals surface area contributed by atoms with E-state index in [1.54, 1.807) is 42.4 Å². The first-order valence-electron chi connectivity index (χ1n) is 8.84. The van der Waals surface area contributed by atoms with Gasteiger partial charge in [-0.05, 0) is 44.1 Å². The van der Waals surface area contributed by atoms with Crippen LogP contribution in [-0.2, 0) is 4.79 Å². The zero-order valence-electron chi connectivity index (χ0n) is 15.3. The molecule has 1 unspecified atom stereocenters. The fraction of sp³-hybridized carbons (Fsp3) is 0.474. The quantitative estimate of drug-likeness (QED) is 0.595. The van der Waals surface area contributed by atoms with Crippen molar-refractivity contribution < 1.29 is 20.1 Å². The molecule has 1 aromatic carbocycles. The van der Waals surface area contributed by atoms with Crippen molar-refractivity contribution in [3.05, 3.63) is 30.5 Å². The summed E-state index contributed by atoms with van der Waals surface area (Å²) in [5.41, 5.74) is 1.39. The predicted octanol–water partition coefficient (Wildman–Crippen LogP) is 1.92. The summed E-state index contributed by atoms with van der Waals surface area (Å²) in [7, 11) is 1.77. The zero-order valence-corrected chi connectivity index (χ0v) is 15.3. The van der Waals surface area contributed by atoms with Crippen LogP contribution in [0.25, 0.3) is 10.9 Å². The van der Waals surface area contributed by atoms with Crippen LogP contribution in [0.4, 0.5) is 5.69 Å². The summed E-state index contributed by atoms with van der Waals surface area (Å²) in [6.07, 6.45) is 2.83. The van der Waals surface area contributed by atoms with Crippen molar-refractivity contribution in [2.45, 2.75) is 25.8 Å². The van der Waals surface area contributed by atoms with Crippen LogP contribution in [0.3, 0.4) is 0 Å². The molecule has 1 atom stereocenters. The van der Waals surface area contributed by atoms with E-state index in [0.717, 1.165) is 30.6 Å². The van der Waals surface area contributed by atoms with Gasteiger partial charge in [0.15, 0.2) is 0 Å². The average Bonchev–Trinajstić information content (AvgIpc) is 2.62. The first kappa shape index (κ1) is 19.9. The van der Waals surface area contributed by atoms with Crippen molar-refractivity contribution in [1.82, 2.24) is 9.88 Å². The molecule has 0 radical (unpaired) electrons. The molecule has 0 bridgehead atoms. The third-order valence-corrected chi connectivity index (χ3v) is 4.65. The van der Waals surface area contributed by atoms with Crippen LogP contribution in [0, 0.1) is 0 Å². The lowest BCUT2D eigenvalue weighted by Gasteiger charge is -2.28. The molecule has 0 saturated carbocycles. The highest BCUT2D eigenvalue weighted by Crippen LogP contribution is 2.29. The van der Waals surface area contributed by atoms with E-state index in [4.69, 9.17) is 5.11 Å². The van der Waals surface area contributed by atoms with E-state index in [9.17, 15) is 15.0 Å². The smallest absolute Gasteiger partial charge is 0.326 e. The Morgan fingerprint density at radius 1 is 1.27 bits per heavy atom. The minimum atomic E-state index is -0.874. The van der Waals surface area contributed by atoms with E-state index in [2.05, 4.69) is 9.88 Å². The van der Waals surface area contributed by atoms with Crippen LogP contribution in [-0.4, -0.2) is 70.5 Å². The largest absolute Gasteiger partial charge is 0.508 e. The molecular formula is C19H27N3O4. The Bertz CT molecular complexity index is 738. The number of aromatic hydroxyl groups is 1. The van der Waals surface area contributed by atoms with Gasteiger partial charge < -0.3 is 25.1 Å². The number of hydrogen-bond donors (Lipinski definition) is 3. The predicted molar refractivity (Wildman–Crippen MR) is 102 cm³/mol.